The monoisotopic (exact) mass is 218 g/mol. The highest BCUT2D eigenvalue weighted by Crippen LogP contribution is 2.22. The highest BCUT2D eigenvalue weighted by molar-refractivity contribution is 6.31. The molecule has 0 bridgehead atoms. The molecule has 0 saturated carbocycles. The van der Waals surface area contributed by atoms with Gasteiger partial charge in [-0.1, -0.05) is 23.7 Å². The minimum Gasteiger partial charge on any atom is -0.396 e. The standard InChI is InChI=1S/C10H12ClFO2/c11-10-8(2-1-3-9(10)12)4-7(5-13)6-14/h1-3,7,13-14H,4-6H2. The summed E-state index contributed by atoms with van der Waals surface area (Å²) in [5.74, 6) is -0.756. The van der Waals surface area contributed by atoms with Gasteiger partial charge in [0, 0.05) is 19.1 Å². The van der Waals surface area contributed by atoms with Crippen molar-refractivity contribution in [3.05, 3.63) is 34.6 Å². The van der Waals surface area contributed by atoms with Gasteiger partial charge in [-0.2, -0.15) is 0 Å². The van der Waals surface area contributed by atoms with Gasteiger partial charge in [0.05, 0.1) is 5.02 Å². The number of hydrogen-bond donors (Lipinski definition) is 2. The van der Waals surface area contributed by atoms with Gasteiger partial charge >= 0.3 is 0 Å². The predicted molar refractivity (Wildman–Crippen MR) is 52.8 cm³/mol. The molecule has 0 aromatic heterocycles. The first-order valence-electron chi connectivity index (χ1n) is 4.33. The fourth-order valence-electron chi connectivity index (χ4n) is 1.20. The zero-order chi connectivity index (χ0) is 10.6. The van der Waals surface area contributed by atoms with Crippen LogP contribution in [0, 0.1) is 11.7 Å². The molecule has 0 spiro atoms. The van der Waals surface area contributed by atoms with Gasteiger partial charge in [0.2, 0.25) is 0 Å². The third kappa shape index (κ3) is 2.67. The first-order valence-corrected chi connectivity index (χ1v) is 4.71. The number of aliphatic hydroxyl groups excluding tert-OH is 2. The average molecular weight is 219 g/mol. The molecule has 0 heterocycles. The minimum absolute atomic E-state index is 0.0689. The molecule has 0 aliphatic heterocycles. The van der Waals surface area contributed by atoms with Crippen LogP contribution >= 0.6 is 11.6 Å². The second-order valence-corrected chi connectivity index (χ2v) is 3.53. The van der Waals surface area contributed by atoms with Crippen molar-refractivity contribution in [1.82, 2.24) is 0 Å². The summed E-state index contributed by atoms with van der Waals surface area (Å²) in [7, 11) is 0. The molecule has 1 aromatic rings. The maximum absolute atomic E-state index is 13.0. The molecule has 0 atom stereocenters. The molecule has 2 N–H and O–H groups in total. The van der Waals surface area contributed by atoms with Crippen molar-refractivity contribution in [2.75, 3.05) is 13.2 Å². The number of halogens is 2. The molecular formula is C10H12ClFO2. The van der Waals surface area contributed by atoms with E-state index in [1.165, 1.54) is 6.07 Å². The summed E-state index contributed by atoms with van der Waals surface area (Å²) in [5.41, 5.74) is 0.611. The van der Waals surface area contributed by atoms with Gasteiger partial charge in [-0.05, 0) is 18.1 Å². The van der Waals surface area contributed by atoms with E-state index >= 15 is 0 Å². The van der Waals surface area contributed by atoms with Crippen LogP contribution in [0.2, 0.25) is 5.02 Å². The van der Waals surface area contributed by atoms with E-state index in [-0.39, 0.29) is 24.2 Å². The van der Waals surface area contributed by atoms with Gasteiger partial charge in [0.15, 0.2) is 0 Å². The third-order valence-electron chi connectivity index (χ3n) is 2.06. The number of hydrogen-bond acceptors (Lipinski definition) is 2. The van der Waals surface area contributed by atoms with Crippen LogP contribution in [0.4, 0.5) is 4.39 Å². The summed E-state index contributed by atoms with van der Waals surface area (Å²) < 4.78 is 13.0. The molecule has 78 valence electrons. The topological polar surface area (TPSA) is 40.5 Å². The molecule has 0 fully saturated rings. The lowest BCUT2D eigenvalue weighted by Gasteiger charge is -2.11. The first kappa shape index (κ1) is 11.4. The van der Waals surface area contributed by atoms with Gasteiger partial charge in [0.1, 0.15) is 5.82 Å². The fourth-order valence-corrected chi connectivity index (χ4v) is 1.41. The molecule has 1 aromatic carbocycles. The van der Waals surface area contributed by atoms with Crippen LogP contribution in [0.1, 0.15) is 5.56 Å². The maximum atomic E-state index is 13.0. The molecule has 0 aliphatic rings. The van der Waals surface area contributed by atoms with E-state index < -0.39 is 5.82 Å². The lowest BCUT2D eigenvalue weighted by molar-refractivity contribution is 0.150. The minimum atomic E-state index is -0.473. The second kappa shape index (κ2) is 5.29. The summed E-state index contributed by atoms with van der Waals surface area (Å²) in [6.07, 6.45) is 0.379. The molecule has 2 nitrogen and oxygen atoms in total. The number of aliphatic hydroxyl groups is 2. The van der Waals surface area contributed by atoms with Crippen LogP contribution in [0.5, 0.6) is 0 Å². The SMILES string of the molecule is OCC(CO)Cc1cccc(F)c1Cl. The van der Waals surface area contributed by atoms with Crippen molar-refractivity contribution in [2.45, 2.75) is 6.42 Å². The predicted octanol–water partition coefficient (Wildman–Crippen LogP) is 1.62. The quantitative estimate of drug-likeness (QED) is 0.807. The van der Waals surface area contributed by atoms with Crippen LogP contribution in [0.15, 0.2) is 18.2 Å². The lowest BCUT2D eigenvalue weighted by atomic mass is 10.0. The summed E-state index contributed by atoms with van der Waals surface area (Å²) in [5, 5.41) is 17.8. The molecule has 4 heteroatoms. The van der Waals surface area contributed by atoms with Crippen LogP contribution < -0.4 is 0 Å². The summed E-state index contributed by atoms with van der Waals surface area (Å²) >= 11 is 5.71. The van der Waals surface area contributed by atoms with Crippen molar-refractivity contribution in [3.63, 3.8) is 0 Å². The van der Waals surface area contributed by atoms with Gasteiger partial charge in [-0.25, -0.2) is 4.39 Å². The Labute approximate surface area is 86.9 Å². The first-order chi connectivity index (χ1) is 6.69. The Morgan fingerprint density at radius 2 is 1.93 bits per heavy atom. The number of rotatable bonds is 4. The Morgan fingerprint density at radius 3 is 2.50 bits per heavy atom. The van der Waals surface area contributed by atoms with Crippen molar-refractivity contribution in [1.29, 1.82) is 0 Å². The zero-order valence-electron chi connectivity index (χ0n) is 7.58. The molecule has 14 heavy (non-hydrogen) atoms. The summed E-state index contributed by atoms with van der Waals surface area (Å²) in [4.78, 5) is 0. The Bertz CT molecular complexity index is 300. The summed E-state index contributed by atoms with van der Waals surface area (Å²) in [6, 6.07) is 4.52. The molecule has 0 saturated heterocycles. The van der Waals surface area contributed by atoms with E-state index in [9.17, 15) is 4.39 Å². The Morgan fingerprint density at radius 1 is 1.29 bits per heavy atom. The third-order valence-corrected chi connectivity index (χ3v) is 2.48. The maximum Gasteiger partial charge on any atom is 0.142 e. The van der Waals surface area contributed by atoms with Gasteiger partial charge < -0.3 is 10.2 Å². The van der Waals surface area contributed by atoms with E-state index in [0.29, 0.717) is 12.0 Å². The molecular weight excluding hydrogens is 207 g/mol. The van der Waals surface area contributed by atoms with Crippen molar-refractivity contribution in [3.8, 4) is 0 Å². The van der Waals surface area contributed by atoms with Gasteiger partial charge in [0.25, 0.3) is 0 Å². The molecule has 1 rings (SSSR count). The molecule has 0 aliphatic carbocycles. The van der Waals surface area contributed by atoms with Crippen molar-refractivity contribution < 1.29 is 14.6 Å². The van der Waals surface area contributed by atoms with Crippen molar-refractivity contribution >= 4 is 11.6 Å². The van der Waals surface area contributed by atoms with Gasteiger partial charge in [-0.15, -0.1) is 0 Å². The smallest absolute Gasteiger partial charge is 0.142 e. The van der Waals surface area contributed by atoms with Crippen LogP contribution in [0.25, 0.3) is 0 Å². The van der Waals surface area contributed by atoms with Crippen molar-refractivity contribution in [2.24, 2.45) is 5.92 Å². The second-order valence-electron chi connectivity index (χ2n) is 3.15. The van der Waals surface area contributed by atoms with E-state index in [4.69, 9.17) is 21.8 Å². The average Bonchev–Trinajstić information content (AvgIpc) is 2.20. The highest BCUT2D eigenvalue weighted by Gasteiger charge is 2.11. The molecule has 0 amide bonds. The van der Waals surface area contributed by atoms with E-state index in [1.807, 2.05) is 0 Å². The Kier molecular flexibility index (Phi) is 4.32. The van der Waals surface area contributed by atoms with E-state index in [0.717, 1.165) is 0 Å². The normalized spacial score (nSPS) is 10.9. The Balaban J connectivity index is 2.80. The van der Waals surface area contributed by atoms with E-state index in [1.54, 1.807) is 12.1 Å². The van der Waals surface area contributed by atoms with Crippen LogP contribution in [-0.2, 0) is 6.42 Å². The van der Waals surface area contributed by atoms with Crippen LogP contribution in [0.3, 0.4) is 0 Å². The number of benzene rings is 1. The Hall–Kier alpha value is -0.640. The fraction of sp³-hybridized carbons (Fsp3) is 0.400. The zero-order valence-corrected chi connectivity index (χ0v) is 8.34. The molecule has 0 unspecified atom stereocenters. The largest absolute Gasteiger partial charge is 0.396 e. The highest BCUT2D eigenvalue weighted by atomic mass is 35.5. The van der Waals surface area contributed by atoms with Crippen LogP contribution in [-0.4, -0.2) is 23.4 Å². The molecule has 0 radical (unpaired) electrons. The van der Waals surface area contributed by atoms with Gasteiger partial charge in [-0.3, -0.25) is 0 Å². The lowest BCUT2D eigenvalue weighted by Crippen LogP contribution is -2.14. The van der Waals surface area contributed by atoms with E-state index in [2.05, 4.69) is 0 Å². The summed E-state index contributed by atoms with van der Waals surface area (Å²) in [6.45, 7) is -0.271.